The van der Waals surface area contributed by atoms with E-state index in [-0.39, 0.29) is 11.7 Å². The van der Waals surface area contributed by atoms with Gasteiger partial charge in [-0.05, 0) is 36.2 Å². The standard InChI is InChI=1S/C13H11ClFNOS/c1-8-2-3-9(6-10(8)15)7-16-13(17)11-4-5-12(14)18-11/h2-6H,7H2,1H3,(H,16,17). The monoisotopic (exact) mass is 283 g/mol. The minimum atomic E-state index is -0.263. The number of benzene rings is 1. The molecule has 0 aliphatic heterocycles. The summed E-state index contributed by atoms with van der Waals surface area (Å²) in [6.45, 7) is 2.00. The minimum Gasteiger partial charge on any atom is -0.347 e. The van der Waals surface area contributed by atoms with Gasteiger partial charge < -0.3 is 5.32 Å². The van der Waals surface area contributed by atoms with Crippen molar-refractivity contribution in [2.45, 2.75) is 13.5 Å². The van der Waals surface area contributed by atoms with Crippen molar-refractivity contribution in [1.82, 2.24) is 5.32 Å². The normalized spacial score (nSPS) is 10.4. The lowest BCUT2D eigenvalue weighted by Gasteiger charge is -2.05. The van der Waals surface area contributed by atoms with Gasteiger partial charge in [-0.3, -0.25) is 4.79 Å². The fraction of sp³-hybridized carbons (Fsp3) is 0.154. The SMILES string of the molecule is Cc1ccc(CNC(=O)c2ccc(Cl)s2)cc1F. The Hall–Kier alpha value is -1.39. The van der Waals surface area contributed by atoms with Crippen LogP contribution in [-0.2, 0) is 6.54 Å². The van der Waals surface area contributed by atoms with Crippen molar-refractivity contribution < 1.29 is 9.18 Å². The largest absolute Gasteiger partial charge is 0.347 e. The van der Waals surface area contributed by atoms with Crippen LogP contribution in [0.25, 0.3) is 0 Å². The Morgan fingerprint density at radius 2 is 2.17 bits per heavy atom. The van der Waals surface area contributed by atoms with Gasteiger partial charge in [-0.1, -0.05) is 23.7 Å². The van der Waals surface area contributed by atoms with E-state index < -0.39 is 0 Å². The van der Waals surface area contributed by atoms with Crippen molar-refractivity contribution in [2.75, 3.05) is 0 Å². The van der Waals surface area contributed by atoms with Crippen LogP contribution in [0.3, 0.4) is 0 Å². The summed E-state index contributed by atoms with van der Waals surface area (Å²) >= 11 is 6.96. The highest BCUT2D eigenvalue weighted by Crippen LogP contribution is 2.21. The van der Waals surface area contributed by atoms with E-state index in [4.69, 9.17) is 11.6 Å². The fourth-order valence-electron chi connectivity index (χ4n) is 1.45. The number of halogens is 2. The van der Waals surface area contributed by atoms with Crippen LogP contribution in [0.1, 0.15) is 20.8 Å². The van der Waals surface area contributed by atoms with Gasteiger partial charge >= 0.3 is 0 Å². The molecule has 1 aromatic carbocycles. The lowest BCUT2D eigenvalue weighted by Crippen LogP contribution is -2.21. The second kappa shape index (κ2) is 5.50. The van der Waals surface area contributed by atoms with Gasteiger partial charge in [-0.15, -0.1) is 11.3 Å². The molecule has 0 spiro atoms. The summed E-state index contributed by atoms with van der Waals surface area (Å²) in [5, 5.41) is 2.72. The van der Waals surface area contributed by atoms with Crippen molar-refractivity contribution in [2.24, 2.45) is 0 Å². The van der Waals surface area contributed by atoms with Gasteiger partial charge in [0.25, 0.3) is 5.91 Å². The number of nitrogens with one attached hydrogen (secondary N) is 1. The zero-order valence-corrected chi connectivity index (χ0v) is 11.2. The summed E-state index contributed by atoms with van der Waals surface area (Å²) in [7, 11) is 0. The van der Waals surface area contributed by atoms with Gasteiger partial charge in [0.05, 0.1) is 9.21 Å². The Morgan fingerprint density at radius 1 is 1.39 bits per heavy atom. The van der Waals surface area contributed by atoms with Crippen molar-refractivity contribution in [1.29, 1.82) is 0 Å². The molecule has 0 atom stereocenters. The Labute approximate surface area is 113 Å². The molecular weight excluding hydrogens is 273 g/mol. The molecule has 94 valence electrons. The lowest BCUT2D eigenvalue weighted by atomic mass is 10.1. The third-order valence-corrected chi connectivity index (χ3v) is 3.72. The van der Waals surface area contributed by atoms with E-state index in [1.54, 1.807) is 31.2 Å². The maximum atomic E-state index is 13.3. The molecule has 1 heterocycles. The Kier molecular flexibility index (Phi) is 3.99. The van der Waals surface area contributed by atoms with E-state index in [9.17, 15) is 9.18 Å². The van der Waals surface area contributed by atoms with Gasteiger partial charge in [0.2, 0.25) is 0 Å². The summed E-state index contributed by atoms with van der Waals surface area (Å²) in [5.41, 5.74) is 1.32. The first-order valence-corrected chi connectivity index (χ1v) is 6.54. The number of rotatable bonds is 3. The number of hydrogen-bond donors (Lipinski definition) is 1. The molecule has 5 heteroatoms. The molecule has 0 fully saturated rings. The van der Waals surface area contributed by atoms with Crippen LogP contribution in [0.15, 0.2) is 30.3 Å². The Morgan fingerprint density at radius 3 is 2.78 bits per heavy atom. The highest BCUT2D eigenvalue weighted by Gasteiger charge is 2.08. The molecular formula is C13H11ClFNOS. The minimum absolute atomic E-state index is 0.201. The van der Waals surface area contributed by atoms with Gasteiger partial charge in [-0.25, -0.2) is 4.39 Å². The van der Waals surface area contributed by atoms with Crippen LogP contribution in [0.5, 0.6) is 0 Å². The number of thiophene rings is 1. The zero-order chi connectivity index (χ0) is 13.1. The lowest BCUT2D eigenvalue weighted by molar-refractivity contribution is 0.0955. The maximum Gasteiger partial charge on any atom is 0.261 e. The third kappa shape index (κ3) is 3.09. The molecule has 1 aromatic heterocycles. The predicted molar refractivity (Wildman–Crippen MR) is 71.6 cm³/mol. The Balaban J connectivity index is 1.99. The first-order chi connectivity index (χ1) is 8.56. The van der Waals surface area contributed by atoms with Crippen molar-refractivity contribution in [3.8, 4) is 0 Å². The van der Waals surface area contributed by atoms with Gasteiger partial charge in [0, 0.05) is 6.54 Å². The van der Waals surface area contributed by atoms with Crippen LogP contribution in [-0.4, -0.2) is 5.91 Å². The number of aryl methyl sites for hydroxylation is 1. The molecule has 0 saturated carbocycles. The molecule has 18 heavy (non-hydrogen) atoms. The van der Waals surface area contributed by atoms with Crippen LogP contribution in [0.2, 0.25) is 4.34 Å². The highest BCUT2D eigenvalue weighted by atomic mass is 35.5. The molecule has 2 rings (SSSR count). The first kappa shape index (κ1) is 13.1. The molecule has 2 nitrogen and oxygen atoms in total. The topological polar surface area (TPSA) is 29.1 Å². The van der Waals surface area contributed by atoms with Crippen LogP contribution >= 0.6 is 22.9 Å². The predicted octanol–water partition coefficient (Wildman–Crippen LogP) is 3.78. The van der Waals surface area contributed by atoms with Gasteiger partial charge in [0.15, 0.2) is 0 Å². The smallest absolute Gasteiger partial charge is 0.261 e. The number of carbonyl (C=O) groups excluding carboxylic acids is 1. The van der Waals surface area contributed by atoms with Crippen molar-refractivity contribution in [3.05, 3.63) is 56.5 Å². The fourth-order valence-corrected chi connectivity index (χ4v) is 2.41. The van der Waals surface area contributed by atoms with Crippen LogP contribution in [0.4, 0.5) is 4.39 Å². The molecule has 0 unspecified atom stereocenters. The van der Waals surface area contributed by atoms with Crippen LogP contribution < -0.4 is 5.32 Å². The maximum absolute atomic E-state index is 13.3. The second-order valence-corrected chi connectivity index (χ2v) is 5.59. The van der Waals surface area contributed by atoms with Crippen LogP contribution in [0, 0.1) is 12.7 Å². The molecule has 0 saturated heterocycles. The number of amides is 1. The van der Waals surface area contributed by atoms with E-state index in [0.29, 0.717) is 21.3 Å². The average molecular weight is 284 g/mol. The molecule has 0 radical (unpaired) electrons. The summed E-state index contributed by atoms with van der Waals surface area (Å²) < 4.78 is 13.9. The number of hydrogen-bond acceptors (Lipinski definition) is 2. The molecule has 2 aromatic rings. The summed E-state index contributed by atoms with van der Waals surface area (Å²) in [4.78, 5) is 12.3. The van der Waals surface area contributed by atoms with E-state index in [2.05, 4.69) is 5.32 Å². The summed E-state index contributed by atoms with van der Waals surface area (Å²) in [6.07, 6.45) is 0. The quantitative estimate of drug-likeness (QED) is 0.912. The van der Waals surface area contributed by atoms with Crippen molar-refractivity contribution in [3.63, 3.8) is 0 Å². The molecule has 1 amide bonds. The summed E-state index contributed by atoms with van der Waals surface area (Å²) in [6, 6.07) is 8.25. The van der Waals surface area contributed by atoms with E-state index in [1.165, 1.54) is 17.4 Å². The molecule has 1 N–H and O–H groups in total. The second-order valence-electron chi connectivity index (χ2n) is 3.87. The molecule has 0 bridgehead atoms. The number of carbonyl (C=O) groups is 1. The highest BCUT2D eigenvalue weighted by molar-refractivity contribution is 7.17. The van der Waals surface area contributed by atoms with E-state index in [0.717, 1.165) is 5.56 Å². The van der Waals surface area contributed by atoms with E-state index in [1.807, 2.05) is 0 Å². The Bertz CT molecular complexity index is 582. The first-order valence-electron chi connectivity index (χ1n) is 5.35. The average Bonchev–Trinajstić information content (AvgIpc) is 2.77. The third-order valence-electron chi connectivity index (χ3n) is 2.49. The van der Waals surface area contributed by atoms with Gasteiger partial charge in [-0.2, -0.15) is 0 Å². The van der Waals surface area contributed by atoms with Crippen molar-refractivity contribution >= 4 is 28.8 Å². The zero-order valence-electron chi connectivity index (χ0n) is 9.67. The molecule has 0 aliphatic carbocycles. The van der Waals surface area contributed by atoms with Gasteiger partial charge in [0.1, 0.15) is 5.82 Å². The molecule has 0 aliphatic rings. The summed E-state index contributed by atoms with van der Waals surface area (Å²) in [5.74, 6) is -0.464. The van der Waals surface area contributed by atoms with E-state index >= 15 is 0 Å².